The molecule has 0 saturated heterocycles. The summed E-state index contributed by atoms with van der Waals surface area (Å²) >= 11 is 5.95. The number of hydrogen-bond acceptors (Lipinski definition) is 7. The molecule has 0 aromatic carbocycles. The van der Waals surface area contributed by atoms with Crippen molar-refractivity contribution in [2.75, 3.05) is 0 Å². The largest absolute Gasteiger partial charge is 0.332 e. The van der Waals surface area contributed by atoms with Crippen molar-refractivity contribution in [1.29, 1.82) is 0 Å². The molecular formula is C19H22ClN9O2. The van der Waals surface area contributed by atoms with Crippen LogP contribution in [-0.2, 0) is 19.6 Å². The molecule has 0 saturated carbocycles. The maximum atomic E-state index is 12.9. The summed E-state index contributed by atoms with van der Waals surface area (Å²) in [7, 11) is 0. The highest BCUT2D eigenvalue weighted by Gasteiger charge is 2.16. The summed E-state index contributed by atoms with van der Waals surface area (Å²) in [5, 5.41) is 12.5. The van der Waals surface area contributed by atoms with Crippen molar-refractivity contribution in [3.63, 3.8) is 0 Å². The van der Waals surface area contributed by atoms with Crippen LogP contribution in [0, 0.1) is 0 Å². The molecule has 4 rings (SSSR count). The number of nitrogens with one attached hydrogen (secondary N) is 1. The molecule has 0 radical (unpaired) electrons. The number of aromatic nitrogens is 9. The second-order valence-electron chi connectivity index (χ2n) is 7.10. The average Bonchev–Trinajstić information content (AvgIpc) is 3.40. The summed E-state index contributed by atoms with van der Waals surface area (Å²) in [4.78, 5) is 38.3. The van der Waals surface area contributed by atoms with Gasteiger partial charge in [-0.3, -0.25) is 18.9 Å². The zero-order valence-electron chi connectivity index (χ0n) is 17.0. The van der Waals surface area contributed by atoms with Gasteiger partial charge in [0.15, 0.2) is 11.2 Å². The highest BCUT2D eigenvalue weighted by molar-refractivity contribution is 6.28. The van der Waals surface area contributed by atoms with Gasteiger partial charge in [0.2, 0.25) is 11.1 Å². The minimum atomic E-state index is -0.413. The Kier molecular flexibility index (Phi) is 6.21. The van der Waals surface area contributed by atoms with E-state index < -0.39 is 5.56 Å². The van der Waals surface area contributed by atoms with E-state index in [1.807, 2.05) is 25.1 Å². The minimum Gasteiger partial charge on any atom is -0.323 e. The predicted molar refractivity (Wildman–Crippen MR) is 115 cm³/mol. The van der Waals surface area contributed by atoms with E-state index in [9.17, 15) is 9.59 Å². The molecule has 0 aliphatic carbocycles. The van der Waals surface area contributed by atoms with Crippen LogP contribution in [0.25, 0.3) is 22.7 Å². The van der Waals surface area contributed by atoms with Crippen molar-refractivity contribution in [3.8, 4) is 11.5 Å². The average molecular weight is 444 g/mol. The Labute approximate surface area is 181 Å². The van der Waals surface area contributed by atoms with Crippen LogP contribution < -0.4 is 11.2 Å². The second-order valence-corrected chi connectivity index (χ2v) is 7.46. The van der Waals surface area contributed by atoms with E-state index in [0.29, 0.717) is 43.1 Å². The van der Waals surface area contributed by atoms with Gasteiger partial charge in [-0.1, -0.05) is 19.4 Å². The van der Waals surface area contributed by atoms with Gasteiger partial charge in [0, 0.05) is 19.3 Å². The van der Waals surface area contributed by atoms with Crippen LogP contribution >= 0.6 is 11.6 Å². The molecule has 4 heterocycles. The number of rotatable bonds is 9. The third kappa shape index (κ3) is 4.41. The number of unbranched alkanes of at least 4 members (excludes halogenated alkanes) is 2. The number of nitrogens with zero attached hydrogens (tertiary/aromatic N) is 8. The Balaban J connectivity index is 1.46. The van der Waals surface area contributed by atoms with Gasteiger partial charge in [-0.25, -0.2) is 4.79 Å². The van der Waals surface area contributed by atoms with Crippen molar-refractivity contribution in [1.82, 2.24) is 44.3 Å². The fraction of sp³-hybridized carbons (Fsp3) is 0.421. The Morgan fingerprint density at radius 3 is 2.65 bits per heavy atom. The summed E-state index contributed by atoms with van der Waals surface area (Å²) in [6.07, 6.45) is 4.65. The van der Waals surface area contributed by atoms with E-state index in [0.717, 1.165) is 12.8 Å². The van der Waals surface area contributed by atoms with Gasteiger partial charge in [0.05, 0.1) is 6.54 Å². The van der Waals surface area contributed by atoms with E-state index in [1.165, 1.54) is 13.9 Å². The highest BCUT2D eigenvalue weighted by Crippen LogP contribution is 2.11. The standard InChI is InChI=1S/C19H22ClN9O2/c1-2-3-10-27-16-14(22-18(20)23-16)17(30)28(19(27)31)11-6-7-12-29-25-15(24-26-29)13-8-4-5-9-21-13/h4-5,8-9H,2-3,6-7,10-12H2,1H3,(H,22,23). The lowest BCUT2D eigenvalue weighted by Gasteiger charge is -2.10. The summed E-state index contributed by atoms with van der Waals surface area (Å²) < 4.78 is 2.75. The lowest BCUT2D eigenvalue weighted by molar-refractivity contribution is 0.457. The van der Waals surface area contributed by atoms with Crippen LogP contribution in [0.4, 0.5) is 0 Å². The Morgan fingerprint density at radius 1 is 1.06 bits per heavy atom. The van der Waals surface area contributed by atoms with Gasteiger partial charge in [0.25, 0.3) is 5.56 Å². The van der Waals surface area contributed by atoms with E-state index in [4.69, 9.17) is 11.6 Å². The van der Waals surface area contributed by atoms with Crippen LogP contribution in [0.5, 0.6) is 0 Å². The molecule has 0 atom stereocenters. The molecule has 11 nitrogen and oxygen atoms in total. The topological polar surface area (TPSA) is 129 Å². The quantitative estimate of drug-likeness (QED) is 0.308. The van der Waals surface area contributed by atoms with Gasteiger partial charge in [-0.15, -0.1) is 10.2 Å². The maximum absolute atomic E-state index is 12.9. The molecule has 0 amide bonds. The van der Waals surface area contributed by atoms with Crippen LogP contribution in [0.2, 0.25) is 5.28 Å². The Bertz CT molecular complexity index is 1290. The number of imidazole rings is 1. The maximum Gasteiger partial charge on any atom is 0.332 e. The molecule has 0 spiro atoms. The Morgan fingerprint density at radius 2 is 1.87 bits per heavy atom. The molecule has 0 aliphatic rings. The molecule has 0 aliphatic heterocycles. The predicted octanol–water partition coefficient (Wildman–Crippen LogP) is 1.87. The molecule has 4 aromatic rings. The summed E-state index contributed by atoms with van der Waals surface area (Å²) in [6.45, 7) is 3.30. The first kappa shape index (κ1) is 20.9. The first-order chi connectivity index (χ1) is 15.1. The first-order valence-electron chi connectivity index (χ1n) is 10.2. The number of pyridine rings is 1. The zero-order valence-corrected chi connectivity index (χ0v) is 17.8. The molecular weight excluding hydrogens is 422 g/mol. The van der Waals surface area contributed by atoms with Crippen molar-refractivity contribution >= 4 is 22.8 Å². The molecule has 0 unspecified atom stereocenters. The number of hydrogen-bond donors (Lipinski definition) is 1. The van der Waals surface area contributed by atoms with Gasteiger partial charge in [-0.05, 0) is 48.2 Å². The third-order valence-corrected chi connectivity index (χ3v) is 5.08. The highest BCUT2D eigenvalue weighted by atomic mass is 35.5. The van der Waals surface area contributed by atoms with Crippen LogP contribution in [0.3, 0.4) is 0 Å². The number of H-pyrrole nitrogens is 1. The number of aryl methyl sites for hydroxylation is 2. The van der Waals surface area contributed by atoms with Crippen LogP contribution in [0.15, 0.2) is 34.0 Å². The van der Waals surface area contributed by atoms with Gasteiger partial charge in [-0.2, -0.15) is 9.78 Å². The molecule has 1 N–H and O–H groups in total. The zero-order chi connectivity index (χ0) is 21.8. The molecule has 0 bridgehead atoms. The summed E-state index contributed by atoms with van der Waals surface area (Å²) in [5.74, 6) is 0.456. The van der Waals surface area contributed by atoms with Crippen molar-refractivity contribution in [3.05, 3.63) is 50.5 Å². The third-order valence-electron chi connectivity index (χ3n) is 4.90. The summed E-state index contributed by atoms with van der Waals surface area (Å²) in [6, 6.07) is 5.49. The van der Waals surface area contributed by atoms with Crippen molar-refractivity contribution in [2.45, 2.75) is 52.2 Å². The molecule has 162 valence electrons. The molecule has 4 aromatic heterocycles. The van der Waals surface area contributed by atoms with Crippen LogP contribution in [0.1, 0.15) is 32.6 Å². The number of fused-ring (bicyclic) bond motifs is 1. The molecule has 31 heavy (non-hydrogen) atoms. The number of tetrazole rings is 1. The fourth-order valence-electron chi connectivity index (χ4n) is 3.31. The van der Waals surface area contributed by atoms with E-state index >= 15 is 0 Å². The van der Waals surface area contributed by atoms with E-state index in [1.54, 1.807) is 6.20 Å². The molecule has 0 fully saturated rings. The normalized spacial score (nSPS) is 11.4. The first-order valence-corrected chi connectivity index (χ1v) is 10.5. The lowest BCUT2D eigenvalue weighted by atomic mass is 10.3. The lowest BCUT2D eigenvalue weighted by Crippen LogP contribution is -2.40. The molecule has 12 heteroatoms. The Hall–Kier alpha value is -3.34. The monoisotopic (exact) mass is 443 g/mol. The van der Waals surface area contributed by atoms with Crippen molar-refractivity contribution < 1.29 is 0 Å². The van der Waals surface area contributed by atoms with Crippen LogP contribution in [-0.4, -0.2) is 44.3 Å². The van der Waals surface area contributed by atoms with Crippen molar-refractivity contribution in [2.24, 2.45) is 0 Å². The van der Waals surface area contributed by atoms with Gasteiger partial charge in [0.1, 0.15) is 5.69 Å². The number of aromatic amines is 1. The minimum absolute atomic E-state index is 0.0930. The second kappa shape index (κ2) is 9.21. The summed E-state index contributed by atoms with van der Waals surface area (Å²) in [5.41, 5.74) is 0.422. The van der Waals surface area contributed by atoms with Gasteiger partial charge < -0.3 is 4.98 Å². The smallest absolute Gasteiger partial charge is 0.323 e. The fourth-order valence-corrected chi connectivity index (χ4v) is 3.49. The van der Waals surface area contributed by atoms with E-state index in [-0.39, 0.29) is 23.0 Å². The van der Waals surface area contributed by atoms with E-state index in [2.05, 4.69) is 30.4 Å². The van der Waals surface area contributed by atoms with Gasteiger partial charge >= 0.3 is 5.69 Å². The number of halogens is 1. The SMILES string of the molecule is CCCCn1c(=O)n(CCCCn2nnc(-c3ccccn3)n2)c(=O)c2[nH]c(Cl)nc21.